The number of hydrogen-bond donors (Lipinski definition) is 2. The van der Waals surface area contributed by atoms with Gasteiger partial charge in [0.2, 0.25) is 0 Å². The molecule has 1 fully saturated rings. The number of nitrogens with zero attached hydrogens (tertiary/aromatic N) is 1. The number of amides is 2. The van der Waals surface area contributed by atoms with E-state index in [4.69, 9.17) is 4.74 Å². The summed E-state index contributed by atoms with van der Waals surface area (Å²) in [5, 5.41) is 5.78. The van der Waals surface area contributed by atoms with Crippen LogP contribution in [0.25, 0.3) is 0 Å². The highest BCUT2D eigenvalue weighted by Crippen LogP contribution is 2.29. The van der Waals surface area contributed by atoms with Crippen molar-refractivity contribution in [3.05, 3.63) is 41.1 Å². The minimum atomic E-state index is -0.509. The molecule has 2 aliphatic rings. The lowest BCUT2D eigenvalue weighted by Crippen LogP contribution is -2.48. The van der Waals surface area contributed by atoms with Crippen molar-refractivity contribution in [3.63, 3.8) is 0 Å². The largest absolute Gasteiger partial charge is 0.463 e. The van der Waals surface area contributed by atoms with Gasteiger partial charge in [-0.25, -0.2) is 9.59 Å². The van der Waals surface area contributed by atoms with Crippen LogP contribution in [0.15, 0.2) is 40.4 Å². The summed E-state index contributed by atoms with van der Waals surface area (Å²) in [7, 11) is 0. The van der Waals surface area contributed by atoms with Crippen LogP contribution in [0.5, 0.6) is 0 Å². The van der Waals surface area contributed by atoms with E-state index in [1.54, 1.807) is 18.7 Å². The van der Waals surface area contributed by atoms with Gasteiger partial charge >= 0.3 is 12.0 Å². The molecule has 1 aromatic rings. The molecule has 0 radical (unpaired) electrons. The molecular weight excluding hydrogens is 374 g/mol. The molecule has 0 bridgehead atoms. The van der Waals surface area contributed by atoms with E-state index in [1.807, 2.05) is 30.5 Å². The van der Waals surface area contributed by atoms with E-state index in [0.717, 1.165) is 36.4 Å². The lowest BCUT2D eigenvalue weighted by molar-refractivity contribution is -0.139. The number of nitrogens with one attached hydrogen (secondary N) is 2. The van der Waals surface area contributed by atoms with Crippen molar-refractivity contribution in [1.82, 2.24) is 15.5 Å². The van der Waals surface area contributed by atoms with Crippen LogP contribution in [0.4, 0.5) is 4.79 Å². The van der Waals surface area contributed by atoms with Gasteiger partial charge in [-0.1, -0.05) is 25.0 Å². The second-order valence-electron chi connectivity index (χ2n) is 7.11. The number of carbonyl (C=O) groups excluding carboxylic acids is 2. The summed E-state index contributed by atoms with van der Waals surface area (Å²) < 4.78 is 5.35. The Morgan fingerprint density at radius 3 is 2.46 bits per heavy atom. The molecule has 0 aliphatic carbocycles. The van der Waals surface area contributed by atoms with Crippen molar-refractivity contribution in [2.75, 3.05) is 32.5 Å². The van der Waals surface area contributed by atoms with E-state index in [2.05, 4.69) is 15.5 Å². The van der Waals surface area contributed by atoms with E-state index < -0.39 is 6.04 Å². The van der Waals surface area contributed by atoms with E-state index in [9.17, 15) is 9.59 Å². The van der Waals surface area contributed by atoms with Crippen LogP contribution in [0.1, 0.15) is 44.2 Å². The smallest absolute Gasteiger partial charge is 0.338 e. The predicted octanol–water partition coefficient (Wildman–Crippen LogP) is 3.46. The molecule has 3 rings (SSSR count). The maximum absolute atomic E-state index is 12.8. The molecule has 6 nitrogen and oxygen atoms in total. The maximum atomic E-state index is 12.8. The molecule has 2 N–H and O–H groups in total. The minimum Gasteiger partial charge on any atom is -0.463 e. The Hall–Kier alpha value is -1.99. The lowest BCUT2D eigenvalue weighted by Gasteiger charge is -2.32. The van der Waals surface area contributed by atoms with Gasteiger partial charge in [-0.15, -0.1) is 11.8 Å². The van der Waals surface area contributed by atoms with Crippen LogP contribution in [0.3, 0.4) is 0 Å². The molecule has 0 saturated carbocycles. The van der Waals surface area contributed by atoms with Crippen molar-refractivity contribution in [2.45, 2.75) is 43.5 Å². The Morgan fingerprint density at radius 2 is 1.86 bits per heavy atom. The first-order chi connectivity index (χ1) is 13.6. The zero-order chi connectivity index (χ0) is 19.9. The average molecular weight is 404 g/mol. The quantitative estimate of drug-likeness (QED) is 0.562. The number of rotatable bonds is 6. The molecular formula is C21H29N3O3S. The third kappa shape index (κ3) is 5.08. The van der Waals surface area contributed by atoms with Gasteiger partial charge < -0.3 is 15.4 Å². The van der Waals surface area contributed by atoms with E-state index in [0.29, 0.717) is 24.4 Å². The Balaban J connectivity index is 1.95. The minimum absolute atomic E-state index is 0.281. The molecule has 28 heavy (non-hydrogen) atoms. The predicted molar refractivity (Wildman–Crippen MR) is 111 cm³/mol. The molecule has 0 aromatic heterocycles. The van der Waals surface area contributed by atoms with Gasteiger partial charge in [-0.3, -0.25) is 4.90 Å². The molecule has 1 aromatic carbocycles. The van der Waals surface area contributed by atoms with Crippen LogP contribution in [-0.4, -0.2) is 49.4 Å². The Bertz CT molecular complexity index is 725. The second kappa shape index (κ2) is 9.98. The number of ether oxygens (including phenoxy) is 1. The summed E-state index contributed by atoms with van der Waals surface area (Å²) in [6.07, 6.45) is 6.78. The van der Waals surface area contributed by atoms with Crippen LogP contribution in [0, 0.1) is 0 Å². The SMILES string of the molecule is CCOC(=O)C1=C(CN2CCCCCC2)NC(=O)NC1c1ccc(SC)cc1. The van der Waals surface area contributed by atoms with Crippen molar-refractivity contribution < 1.29 is 14.3 Å². The van der Waals surface area contributed by atoms with Gasteiger partial charge in [0.05, 0.1) is 18.2 Å². The monoisotopic (exact) mass is 403 g/mol. The first-order valence-corrected chi connectivity index (χ1v) is 11.2. The molecule has 1 saturated heterocycles. The molecule has 2 aliphatic heterocycles. The second-order valence-corrected chi connectivity index (χ2v) is 7.99. The fourth-order valence-electron chi connectivity index (χ4n) is 3.76. The van der Waals surface area contributed by atoms with Crippen molar-refractivity contribution in [3.8, 4) is 0 Å². The van der Waals surface area contributed by atoms with Crippen molar-refractivity contribution in [1.29, 1.82) is 0 Å². The van der Waals surface area contributed by atoms with Gasteiger partial charge in [0.15, 0.2) is 0 Å². The first-order valence-electron chi connectivity index (χ1n) is 9.96. The van der Waals surface area contributed by atoms with Gasteiger partial charge in [0, 0.05) is 17.1 Å². The molecule has 2 heterocycles. The summed E-state index contributed by atoms with van der Waals surface area (Å²) in [5.41, 5.74) is 2.04. The van der Waals surface area contributed by atoms with E-state index >= 15 is 0 Å². The van der Waals surface area contributed by atoms with Crippen molar-refractivity contribution >= 4 is 23.8 Å². The number of thioether (sulfide) groups is 1. The highest BCUT2D eigenvalue weighted by Gasteiger charge is 2.34. The number of likely N-dealkylation sites (tertiary alicyclic amines) is 1. The molecule has 0 spiro atoms. The van der Waals surface area contributed by atoms with Gasteiger partial charge in [0.25, 0.3) is 0 Å². The van der Waals surface area contributed by atoms with Gasteiger partial charge in [-0.05, 0) is 56.8 Å². The third-order valence-electron chi connectivity index (χ3n) is 5.18. The van der Waals surface area contributed by atoms with Crippen LogP contribution < -0.4 is 10.6 Å². The number of hydrogen-bond acceptors (Lipinski definition) is 5. The summed E-state index contributed by atoms with van der Waals surface area (Å²) in [6.45, 7) is 4.61. The summed E-state index contributed by atoms with van der Waals surface area (Å²) >= 11 is 1.66. The summed E-state index contributed by atoms with van der Waals surface area (Å²) in [4.78, 5) is 28.7. The Morgan fingerprint density at radius 1 is 1.18 bits per heavy atom. The number of carbonyl (C=O) groups is 2. The third-order valence-corrected chi connectivity index (χ3v) is 5.92. The highest BCUT2D eigenvalue weighted by atomic mass is 32.2. The molecule has 152 valence electrons. The summed E-state index contributed by atoms with van der Waals surface area (Å²) in [6, 6.07) is 7.15. The molecule has 7 heteroatoms. The normalized spacial score (nSPS) is 20.9. The number of benzene rings is 1. The van der Waals surface area contributed by atoms with E-state index in [1.165, 1.54) is 12.8 Å². The van der Waals surface area contributed by atoms with Crippen LogP contribution in [0.2, 0.25) is 0 Å². The van der Waals surface area contributed by atoms with Gasteiger partial charge in [0.1, 0.15) is 0 Å². The average Bonchev–Trinajstić information content (AvgIpc) is 2.96. The Labute approximate surface area is 171 Å². The molecule has 1 atom stereocenters. The zero-order valence-electron chi connectivity index (χ0n) is 16.6. The lowest BCUT2D eigenvalue weighted by atomic mass is 9.95. The molecule has 1 unspecified atom stereocenters. The number of esters is 1. The fourth-order valence-corrected chi connectivity index (χ4v) is 4.17. The number of urea groups is 1. The standard InChI is InChI=1S/C21H29N3O3S/c1-3-27-20(25)18-17(14-24-12-6-4-5-7-13-24)22-21(26)23-19(18)15-8-10-16(28-2)11-9-15/h8-11,19H,3-7,12-14H2,1-2H3,(H2,22,23,26). The van der Waals surface area contributed by atoms with Crippen LogP contribution >= 0.6 is 11.8 Å². The first kappa shape index (κ1) is 20.7. The van der Waals surface area contributed by atoms with Crippen LogP contribution in [-0.2, 0) is 9.53 Å². The molecule has 2 amide bonds. The topological polar surface area (TPSA) is 70.7 Å². The summed E-state index contributed by atoms with van der Waals surface area (Å²) in [5.74, 6) is -0.376. The van der Waals surface area contributed by atoms with Crippen molar-refractivity contribution in [2.24, 2.45) is 0 Å². The fraction of sp³-hybridized carbons (Fsp3) is 0.524. The zero-order valence-corrected chi connectivity index (χ0v) is 17.4. The highest BCUT2D eigenvalue weighted by molar-refractivity contribution is 7.98. The Kier molecular flexibility index (Phi) is 7.39. The van der Waals surface area contributed by atoms with Gasteiger partial charge in [-0.2, -0.15) is 0 Å². The maximum Gasteiger partial charge on any atom is 0.338 e. The van der Waals surface area contributed by atoms with E-state index in [-0.39, 0.29) is 12.0 Å².